The van der Waals surface area contributed by atoms with Crippen molar-refractivity contribution in [2.75, 3.05) is 40.1 Å². The standard InChI is InChI=1S/C17H29NO3/c1-4-11-21-17-8-6-16(7-9-17)15(2)18-10-5-12-20-14-13-19-3/h6-9,15,18H,4-5,10-14H2,1-3H3. The van der Waals surface area contributed by atoms with Crippen LogP contribution in [0.3, 0.4) is 0 Å². The third kappa shape index (κ3) is 8.05. The summed E-state index contributed by atoms with van der Waals surface area (Å²) in [5.41, 5.74) is 1.28. The van der Waals surface area contributed by atoms with Gasteiger partial charge in [0.1, 0.15) is 5.75 Å². The molecular weight excluding hydrogens is 266 g/mol. The monoisotopic (exact) mass is 295 g/mol. The van der Waals surface area contributed by atoms with Crippen LogP contribution >= 0.6 is 0 Å². The van der Waals surface area contributed by atoms with Gasteiger partial charge in [-0.25, -0.2) is 0 Å². The Hall–Kier alpha value is -1.10. The van der Waals surface area contributed by atoms with E-state index in [2.05, 4.69) is 31.3 Å². The van der Waals surface area contributed by atoms with Crippen LogP contribution in [0.2, 0.25) is 0 Å². The first-order valence-corrected chi connectivity index (χ1v) is 7.80. The lowest BCUT2D eigenvalue weighted by Gasteiger charge is -2.15. The molecule has 0 radical (unpaired) electrons. The molecule has 0 saturated carbocycles. The Labute approximate surface area is 128 Å². The molecular formula is C17H29NO3. The van der Waals surface area contributed by atoms with E-state index < -0.39 is 0 Å². The van der Waals surface area contributed by atoms with Crippen LogP contribution < -0.4 is 10.1 Å². The molecule has 0 aliphatic rings. The largest absolute Gasteiger partial charge is 0.494 e. The highest BCUT2D eigenvalue weighted by atomic mass is 16.5. The van der Waals surface area contributed by atoms with Gasteiger partial charge in [0.25, 0.3) is 0 Å². The smallest absolute Gasteiger partial charge is 0.119 e. The summed E-state index contributed by atoms with van der Waals surface area (Å²) in [4.78, 5) is 0. The van der Waals surface area contributed by atoms with Gasteiger partial charge in [-0.3, -0.25) is 0 Å². The number of nitrogens with one attached hydrogen (secondary N) is 1. The fourth-order valence-corrected chi connectivity index (χ4v) is 1.93. The normalized spacial score (nSPS) is 12.3. The Morgan fingerprint density at radius 1 is 1.05 bits per heavy atom. The van der Waals surface area contributed by atoms with Gasteiger partial charge in [-0.1, -0.05) is 19.1 Å². The fraction of sp³-hybridized carbons (Fsp3) is 0.647. The van der Waals surface area contributed by atoms with Gasteiger partial charge in [0.2, 0.25) is 0 Å². The molecule has 1 N–H and O–H groups in total. The lowest BCUT2D eigenvalue weighted by molar-refractivity contribution is 0.0693. The van der Waals surface area contributed by atoms with E-state index in [9.17, 15) is 0 Å². The quantitative estimate of drug-likeness (QED) is 0.601. The van der Waals surface area contributed by atoms with Crippen LogP contribution in [0.1, 0.15) is 38.3 Å². The summed E-state index contributed by atoms with van der Waals surface area (Å²) < 4.78 is 15.9. The fourth-order valence-electron chi connectivity index (χ4n) is 1.93. The summed E-state index contributed by atoms with van der Waals surface area (Å²) in [5, 5.41) is 3.50. The third-order valence-corrected chi connectivity index (χ3v) is 3.20. The van der Waals surface area contributed by atoms with Gasteiger partial charge in [-0.15, -0.1) is 0 Å². The molecule has 1 aromatic carbocycles. The Kier molecular flexibility index (Phi) is 9.87. The van der Waals surface area contributed by atoms with Crippen molar-refractivity contribution in [1.29, 1.82) is 0 Å². The van der Waals surface area contributed by atoms with Crippen molar-refractivity contribution < 1.29 is 14.2 Å². The number of rotatable bonds is 12. The van der Waals surface area contributed by atoms with Gasteiger partial charge >= 0.3 is 0 Å². The summed E-state index contributed by atoms with van der Waals surface area (Å²) in [6, 6.07) is 8.66. The van der Waals surface area contributed by atoms with Crippen LogP contribution in [0, 0.1) is 0 Å². The Balaban J connectivity index is 2.17. The minimum absolute atomic E-state index is 0.337. The van der Waals surface area contributed by atoms with E-state index in [4.69, 9.17) is 14.2 Å². The molecule has 4 nitrogen and oxygen atoms in total. The molecule has 0 aromatic heterocycles. The van der Waals surface area contributed by atoms with Crippen molar-refractivity contribution in [2.45, 2.75) is 32.7 Å². The van der Waals surface area contributed by atoms with E-state index in [1.54, 1.807) is 7.11 Å². The van der Waals surface area contributed by atoms with Crippen molar-refractivity contribution in [1.82, 2.24) is 5.32 Å². The Bertz CT molecular complexity index is 354. The van der Waals surface area contributed by atoms with Gasteiger partial charge < -0.3 is 19.5 Å². The van der Waals surface area contributed by atoms with Crippen LogP contribution in [0.4, 0.5) is 0 Å². The van der Waals surface area contributed by atoms with Crippen LogP contribution in [0.25, 0.3) is 0 Å². The summed E-state index contributed by atoms with van der Waals surface area (Å²) in [6.45, 7) is 8.11. The van der Waals surface area contributed by atoms with Gasteiger partial charge in [0.15, 0.2) is 0 Å². The average molecular weight is 295 g/mol. The molecule has 0 bridgehead atoms. The van der Waals surface area contributed by atoms with E-state index >= 15 is 0 Å². The lowest BCUT2D eigenvalue weighted by Crippen LogP contribution is -2.21. The van der Waals surface area contributed by atoms with Crippen LogP contribution in [-0.2, 0) is 9.47 Å². The van der Waals surface area contributed by atoms with E-state index in [0.717, 1.165) is 38.3 Å². The van der Waals surface area contributed by atoms with E-state index in [0.29, 0.717) is 19.3 Å². The molecule has 0 aliphatic carbocycles. The van der Waals surface area contributed by atoms with Gasteiger partial charge in [0, 0.05) is 19.8 Å². The lowest BCUT2D eigenvalue weighted by atomic mass is 10.1. The first-order chi connectivity index (χ1) is 10.3. The van der Waals surface area contributed by atoms with Crippen LogP contribution in [0.15, 0.2) is 24.3 Å². The maximum Gasteiger partial charge on any atom is 0.119 e. The molecule has 1 unspecified atom stereocenters. The predicted octanol–water partition coefficient (Wildman–Crippen LogP) is 3.18. The summed E-state index contributed by atoms with van der Waals surface area (Å²) in [6.07, 6.45) is 2.04. The number of ether oxygens (including phenoxy) is 3. The molecule has 0 aliphatic heterocycles. The van der Waals surface area contributed by atoms with Crippen molar-refractivity contribution in [3.05, 3.63) is 29.8 Å². The number of hydrogen-bond acceptors (Lipinski definition) is 4. The first kappa shape index (κ1) is 18.0. The molecule has 1 aromatic rings. The molecule has 0 spiro atoms. The zero-order chi connectivity index (χ0) is 15.3. The minimum Gasteiger partial charge on any atom is -0.494 e. The first-order valence-electron chi connectivity index (χ1n) is 7.80. The summed E-state index contributed by atoms with van der Waals surface area (Å²) in [5.74, 6) is 0.944. The van der Waals surface area contributed by atoms with E-state index in [-0.39, 0.29) is 0 Å². The van der Waals surface area contributed by atoms with E-state index in [1.165, 1.54) is 5.56 Å². The Morgan fingerprint density at radius 2 is 1.81 bits per heavy atom. The highest BCUT2D eigenvalue weighted by Gasteiger charge is 2.04. The maximum absolute atomic E-state index is 5.59. The second-order valence-electron chi connectivity index (χ2n) is 5.05. The number of benzene rings is 1. The van der Waals surface area contributed by atoms with Crippen molar-refractivity contribution in [3.63, 3.8) is 0 Å². The van der Waals surface area contributed by atoms with Crippen molar-refractivity contribution in [3.8, 4) is 5.75 Å². The minimum atomic E-state index is 0.337. The molecule has 0 saturated heterocycles. The zero-order valence-corrected chi connectivity index (χ0v) is 13.6. The molecule has 0 amide bonds. The van der Waals surface area contributed by atoms with Crippen molar-refractivity contribution >= 4 is 0 Å². The van der Waals surface area contributed by atoms with E-state index in [1.807, 2.05) is 12.1 Å². The van der Waals surface area contributed by atoms with Crippen LogP contribution in [-0.4, -0.2) is 40.1 Å². The number of hydrogen-bond donors (Lipinski definition) is 1. The highest BCUT2D eigenvalue weighted by Crippen LogP contribution is 2.17. The molecule has 1 atom stereocenters. The molecule has 1 rings (SSSR count). The summed E-state index contributed by atoms with van der Waals surface area (Å²) >= 11 is 0. The molecule has 4 heteroatoms. The second-order valence-corrected chi connectivity index (χ2v) is 5.05. The molecule has 0 heterocycles. The zero-order valence-electron chi connectivity index (χ0n) is 13.6. The van der Waals surface area contributed by atoms with Crippen molar-refractivity contribution in [2.24, 2.45) is 0 Å². The van der Waals surface area contributed by atoms with Gasteiger partial charge in [-0.05, 0) is 44.0 Å². The molecule has 21 heavy (non-hydrogen) atoms. The van der Waals surface area contributed by atoms with Gasteiger partial charge in [0.05, 0.1) is 19.8 Å². The number of methoxy groups -OCH3 is 1. The second kappa shape index (κ2) is 11.5. The highest BCUT2D eigenvalue weighted by molar-refractivity contribution is 5.28. The third-order valence-electron chi connectivity index (χ3n) is 3.20. The average Bonchev–Trinajstić information content (AvgIpc) is 2.52. The summed E-state index contributed by atoms with van der Waals surface area (Å²) in [7, 11) is 1.69. The maximum atomic E-state index is 5.59. The Morgan fingerprint density at radius 3 is 2.48 bits per heavy atom. The van der Waals surface area contributed by atoms with Crippen LogP contribution in [0.5, 0.6) is 5.75 Å². The predicted molar refractivity (Wildman–Crippen MR) is 86.0 cm³/mol. The van der Waals surface area contributed by atoms with Gasteiger partial charge in [-0.2, -0.15) is 0 Å². The molecule has 120 valence electrons. The molecule has 0 fully saturated rings. The topological polar surface area (TPSA) is 39.7 Å². The SMILES string of the molecule is CCCOc1ccc(C(C)NCCCOCCOC)cc1.